The van der Waals surface area contributed by atoms with E-state index in [9.17, 15) is 4.79 Å². The third kappa shape index (κ3) is 3.54. The van der Waals surface area contributed by atoms with E-state index in [-0.39, 0.29) is 11.3 Å². The number of imidazole rings is 1. The molecule has 0 spiro atoms. The minimum Gasteiger partial charge on any atom is -0.481 e. The molecule has 7 heteroatoms. The first-order chi connectivity index (χ1) is 9.81. The number of carboxylic acid groups (broad SMARTS) is 1. The lowest BCUT2D eigenvalue weighted by molar-refractivity contribution is -0.133. The molecule has 1 N–H and O–H groups in total. The Balaban J connectivity index is 2.42. The minimum atomic E-state index is -0.844. The lowest BCUT2D eigenvalue weighted by atomic mass is 10.0. The van der Waals surface area contributed by atoms with Crippen LogP contribution in [0, 0.1) is 0 Å². The molecule has 21 heavy (non-hydrogen) atoms. The summed E-state index contributed by atoms with van der Waals surface area (Å²) < 4.78 is 2.07. The molecule has 0 aliphatic heterocycles. The van der Waals surface area contributed by atoms with Gasteiger partial charge in [0, 0.05) is 18.3 Å². The van der Waals surface area contributed by atoms with Crippen LogP contribution in [0.15, 0.2) is 23.6 Å². The van der Waals surface area contributed by atoms with Crippen molar-refractivity contribution in [2.24, 2.45) is 0 Å². The number of nitrogens with zero attached hydrogens (tertiary/aromatic N) is 4. The van der Waals surface area contributed by atoms with E-state index < -0.39 is 5.97 Å². The van der Waals surface area contributed by atoms with Crippen molar-refractivity contribution < 1.29 is 9.90 Å². The van der Waals surface area contributed by atoms with Crippen molar-refractivity contribution in [2.45, 2.75) is 31.1 Å². The number of pyridine rings is 1. The molecule has 0 fully saturated rings. The van der Waals surface area contributed by atoms with Gasteiger partial charge in [-0.2, -0.15) is 0 Å². The number of carboxylic acids is 1. The van der Waals surface area contributed by atoms with Crippen molar-refractivity contribution in [3.8, 4) is 0 Å². The monoisotopic (exact) mass is 308 g/mol. The first-order valence-corrected chi connectivity index (χ1v) is 7.62. The van der Waals surface area contributed by atoms with Crippen LogP contribution in [0.5, 0.6) is 0 Å². The normalized spacial score (nSPS) is 12.2. The number of rotatable bonds is 6. The van der Waals surface area contributed by atoms with E-state index in [2.05, 4.69) is 33.3 Å². The predicted molar refractivity (Wildman–Crippen MR) is 83.7 cm³/mol. The molecule has 2 rings (SSSR count). The van der Waals surface area contributed by atoms with E-state index in [4.69, 9.17) is 5.11 Å². The van der Waals surface area contributed by atoms with Crippen molar-refractivity contribution in [1.29, 1.82) is 0 Å². The molecular weight excluding hydrogens is 288 g/mol. The highest BCUT2D eigenvalue weighted by Crippen LogP contribution is 2.26. The lowest BCUT2D eigenvalue weighted by Gasteiger charge is -2.33. The molecule has 0 aliphatic rings. The molecule has 0 amide bonds. The van der Waals surface area contributed by atoms with Gasteiger partial charge < -0.3 is 14.6 Å². The number of thioether (sulfide) groups is 1. The van der Waals surface area contributed by atoms with Gasteiger partial charge in [-0.25, -0.2) is 4.98 Å². The van der Waals surface area contributed by atoms with Gasteiger partial charge in [0.1, 0.15) is 5.52 Å². The highest BCUT2D eigenvalue weighted by Gasteiger charge is 2.24. The van der Waals surface area contributed by atoms with Gasteiger partial charge in [-0.1, -0.05) is 11.8 Å². The Morgan fingerprint density at radius 2 is 2.19 bits per heavy atom. The number of aliphatic carboxylic acids is 1. The number of fused-ring (bicyclic) bond motifs is 1. The zero-order valence-corrected chi connectivity index (χ0v) is 13.5. The Morgan fingerprint density at radius 1 is 1.48 bits per heavy atom. The maximum atomic E-state index is 10.8. The molecule has 0 radical (unpaired) electrons. The number of carbonyl (C=O) groups is 1. The van der Waals surface area contributed by atoms with Crippen LogP contribution in [0.3, 0.4) is 0 Å². The SMILES string of the molecule is CN(C)C(C)(C)Cn1c(SCC(=O)O)nc2cnccc21. The molecule has 114 valence electrons. The Labute approximate surface area is 128 Å². The van der Waals surface area contributed by atoms with Gasteiger partial charge in [0.05, 0.1) is 17.5 Å². The Hall–Kier alpha value is -1.60. The van der Waals surface area contributed by atoms with Crippen LogP contribution in [0.1, 0.15) is 13.8 Å². The molecule has 0 unspecified atom stereocenters. The van der Waals surface area contributed by atoms with Crippen molar-refractivity contribution in [2.75, 3.05) is 19.8 Å². The van der Waals surface area contributed by atoms with Crippen molar-refractivity contribution in [3.63, 3.8) is 0 Å². The fraction of sp³-hybridized carbons (Fsp3) is 0.500. The average Bonchev–Trinajstić information content (AvgIpc) is 2.74. The van der Waals surface area contributed by atoms with Crippen LogP contribution in [0.25, 0.3) is 11.0 Å². The first kappa shape index (κ1) is 15.8. The average molecular weight is 308 g/mol. The smallest absolute Gasteiger partial charge is 0.313 e. The topological polar surface area (TPSA) is 71.2 Å². The van der Waals surface area contributed by atoms with Gasteiger partial charge in [0.25, 0.3) is 0 Å². The van der Waals surface area contributed by atoms with Crippen molar-refractivity contribution >= 4 is 28.8 Å². The van der Waals surface area contributed by atoms with Crippen molar-refractivity contribution in [1.82, 2.24) is 19.4 Å². The Morgan fingerprint density at radius 3 is 2.81 bits per heavy atom. The van der Waals surface area contributed by atoms with E-state index in [0.29, 0.717) is 0 Å². The summed E-state index contributed by atoms with van der Waals surface area (Å²) in [7, 11) is 4.06. The van der Waals surface area contributed by atoms with Crippen LogP contribution in [-0.4, -0.2) is 55.9 Å². The van der Waals surface area contributed by atoms with Crippen LogP contribution >= 0.6 is 11.8 Å². The second-order valence-electron chi connectivity index (χ2n) is 5.73. The van der Waals surface area contributed by atoms with E-state index in [1.165, 1.54) is 11.8 Å². The second-order valence-corrected chi connectivity index (χ2v) is 6.68. The highest BCUT2D eigenvalue weighted by atomic mass is 32.2. The summed E-state index contributed by atoms with van der Waals surface area (Å²) in [4.78, 5) is 21.6. The standard InChI is InChI=1S/C14H20N4O2S/c1-14(2,17(3)4)9-18-11-5-6-15-7-10(11)16-13(18)21-8-12(19)20/h5-7H,8-9H2,1-4H3,(H,19,20). The van der Waals surface area contributed by atoms with Gasteiger partial charge in [0.15, 0.2) is 5.16 Å². The summed E-state index contributed by atoms with van der Waals surface area (Å²) in [6, 6.07) is 1.92. The molecule has 6 nitrogen and oxygen atoms in total. The van der Waals surface area contributed by atoms with Gasteiger partial charge >= 0.3 is 5.97 Å². The predicted octanol–water partition coefficient (Wildman–Crippen LogP) is 1.95. The second kappa shape index (κ2) is 6.03. The number of hydrogen-bond acceptors (Lipinski definition) is 5. The largest absolute Gasteiger partial charge is 0.481 e. The van der Waals surface area contributed by atoms with Gasteiger partial charge in [-0.3, -0.25) is 9.78 Å². The Bertz CT molecular complexity index is 651. The van der Waals surface area contributed by atoms with Crippen LogP contribution in [0.4, 0.5) is 0 Å². The molecule has 0 aromatic carbocycles. The van der Waals surface area contributed by atoms with Crippen molar-refractivity contribution in [3.05, 3.63) is 18.5 Å². The third-order valence-corrected chi connectivity index (χ3v) is 4.56. The summed E-state index contributed by atoms with van der Waals surface area (Å²) >= 11 is 1.24. The molecule has 0 saturated heterocycles. The summed E-state index contributed by atoms with van der Waals surface area (Å²) in [5, 5.41) is 9.60. The molecule has 2 aromatic rings. The molecule has 0 saturated carbocycles. The van der Waals surface area contributed by atoms with Crippen LogP contribution in [0.2, 0.25) is 0 Å². The maximum absolute atomic E-state index is 10.8. The molecule has 0 bridgehead atoms. The molecule has 0 aliphatic carbocycles. The van der Waals surface area contributed by atoms with Crippen LogP contribution < -0.4 is 0 Å². The summed E-state index contributed by atoms with van der Waals surface area (Å²) in [5.74, 6) is -0.845. The van der Waals surface area contributed by atoms with Gasteiger partial charge in [-0.15, -0.1) is 0 Å². The zero-order chi connectivity index (χ0) is 15.6. The van der Waals surface area contributed by atoms with E-state index in [1.54, 1.807) is 12.4 Å². The zero-order valence-electron chi connectivity index (χ0n) is 12.7. The van der Waals surface area contributed by atoms with Gasteiger partial charge in [-0.05, 0) is 34.0 Å². The maximum Gasteiger partial charge on any atom is 0.313 e. The quantitative estimate of drug-likeness (QED) is 0.822. The lowest BCUT2D eigenvalue weighted by Crippen LogP contribution is -2.42. The summed E-state index contributed by atoms with van der Waals surface area (Å²) in [6.07, 6.45) is 3.44. The van der Waals surface area contributed by atoms with E-state index >= 15 is 0 Å². The number of likely N-dealkylation sites (N-methyl/N-ethyl adjacent to an activating group) is 1. The van der Waals surface area contributed by atoms with E-state index in [0.717, 1.165) is 22.7 Å². The fourth-order valence-corrected chi connectivity index (χ4v) is 2.61. The molecule has 2 aromatic heterocycles. The Kier molecular flexibility index (Phi) is 4.53. The fourth-order valence-electron chi connectivity index (χ4n) is 1.88. The van der Waals surface area contributed by atoms with E-state index in [1.807, 2.05) is 20.2 Å². The molecular formula is C14H20N4O2S. The number of hydrogen-bond donors (Lipinski definition) is 1. The number of aromatic nitrogens is 3. The molecule has 0 atom stereocenters. The first-order valence-electron chi connectivity index (χ1n) is 6.63. The highest BCUT2D eigenvalue weighted by molar-refractivity contribution is 7.99. The molecule has 2 heterocycles. The van der Waals surface area contributed by atoms with Gasteiger partial charge in [0.2, 0.25) is 0 Å². The minimum absolute atomic E-state index is 0.000850. The summed E-state index contributed by atoms with van der Waals surface area (Å²) in [5.41, 5.74) is 1.70. The third-order valence-electron chi connectivity index (χ3n) is 3.60. The van der Waals surface area contributed by atoms with Crippen LogP contribution in [-0.2, 0) is 11.3 Å². The summed E-state index contributed by atoms with van der Waals surface area (Å²) in [6.45, 7) is 5.01.